The van der Waals surface area contributed by atoms with Crippen LogP contribution in [0.25, 0.3) is 11.0 Å². The number of aromatic nitrogens is 2. The van der Waals surface area contributed by atoms with Crippen molar-refractivity contribution in [3.63, 3.8) is 0 Å². The smallest absolute Gasteiger partial charge is 0.416 e. The van der Waals surface area contributed by atoms with E-state index in [0.29, 0.717) is 0 Å². The minimum absolute atomic E-state index is 0.0130. The number of ether oxygens (including phenoxy) is 1. The van der Waals surface area contributed by atoms with E-state index in [1.807, 2.05) is 6.07 Å². The molecule has 30 heavy (non-hydrogen) atoms. The van der Waals surface area contributed by atoms with Crippen LogP contribution < -0.4 is 5.56 Å². The fourth-order valence-electron chi connectivity index (χ4n) is 3.01. The molecule has 0 fully saturated rings. The van der Waals surface area contributed by atoms with E-state index in [2.05, 4.69) is 4.98 Å². The van der Waals surface area contributed by atoms with Gasteiger partial charge in [-0.25, -0.2) is 4.98 Å². The van der Waals surface area contributed by atoms with Gasteiger partial charge in [-0.2, -0.15) is 13.2 Å². The number of alkyl halides is 3. The van der Waals surface area contributed by atoms with Crippen molar-refractivity contribution < 1.29 is 27.8 Å². The summed E-state index contributed by atoms with van der Waals surface area (Å²) in [5, 5.41) is 8.70. The molecule has 1 aromatic heterocycles. The Morgan fingerprint density at radius 2 is 1.87 bits per heavy atom. The second-order valence-electron chi connectivity index (χ2n) is 6.58. The molecule has 9 heteroatoms. The Labute approximate surface area is 169 Å². The summed E-state index contributed by atoms with van der Waals surface area (Å²) >= 11 is 0. The van der Waals surface area contributed by atoms with Crippen LogP contribution in [-0.2, 0) is 28.7 Å². The second-order valence-corrected chi connectivity index (χ2v) is 6.58. The molecule has 0 aliphatic rings. The quantitative estimate of drug-likeness (QED) is 0.595. The van der Waals surface area contributed by atoms with Crippen LogP contribution >= 0.6 is 0 Å². The third-order valence-corrected chi connectivity index (χ3v) is 4.44. The number of aryl methyl sites for hydroxylation is 1. The summed E-state index contributed by atoms with van der Waals surface area (Å²) in [5.41, 5.74) is -0.316. The molecule has 6 nitrogen and oxygen atoms in total. The van der Waals surface area contributed by atoms with Gasteiger partial charge < -0.3 is 14.4 Å². The van der Waals surface area contributed by atoms with Crippen molar-refractivity contribution in [1.29, 1.82) is 0 Å². The number of carbonyl (C=O) groups is 1. The van der Waals surface area contributed by atoms with Gasteiger partial charge in [0.05, 0.1) is 36.2 Å². The maximum absolute atomic E-state index is 13.1. The van der Waals surface area contributed by atoms with Gasteiger partial charge in [-0.3, -0.25) is 9.59 Å². The number of aliphatic hydroxyl groups excluding tert-OH is 1. The highest BCUT2D eigenvalue weighted by Gasteiger charge is 2.31. The van der Waals surface area contributed by atoms with Crippen molar-refractivity contribution in [3.05, 3.63) is 75.7 Å². The van der Waals surface area contributed by atoms with Crippen molar-refractivity contribution in [2.24, 2.45) is 0 Å². The molecule has 1 N–H and O–H groups in total. The van der Waals surface area contributed by atoms with Crippen molar-refractivity contribution in [3.8, 4) is 0 Å². The molecule has 0 atom stereocenters. The first kappa shape index (κ1) is 21.5. The molecule has 2 aromatic carbocycles. The lowest BCUT2D eigenvalue weighted by Gasteiger charge is -2.14. The largest absolute Gasteiger partial charge is 0.463 e. The average molecular weight is 420 g/mol. The van der Waals surface area contributed by atoms with Gasteiger partial charge in [0.1, 0.15) is 12.3 Å². The minimum Gasteiger partial charge on any atom is -0.463 e. The first-order valence-electron chi connectivity index (χ1n) is 9.20. The van der Waals surface area contributed by atoms with Crippen LogP contribution in [0.5, 0.6) is 0 Å². The molecule has 0 amide bonds. The van der Waals surface area contributed by atoms with E-state index in [1.165, 1.54) is 10.6 Å². The first-order chi connectivity index (χ1) is 14.3. The standard InChI is InChI=1S/C21H19F3N2O4/c22-21(23,24)15-6-8-18-17(12-15)25-16(7-9-19(28)30-11-10-27)20(29)26(18)13-14-4-2-1-3-5-14/h1-6,8,12,27H,7,9-11,13H2. The van der Waals surface area contributed by atoms with Gasteiger partial charge in [0.15, 0.2) is 0 Å². The zero-order valence-corrected chi connectivity index (χ0v) is 15.9. The van der Waals surface area contributed by atoms with E-state index >= 15 is 0 Å². The van der Waals surface area contributed by atoms with Gasteiger partial charge in [-0.15, -0.1) is 0 Å². The molecule has 0 aliphatic heterocycles. The summed E-state index contributed by atoms with van der Waals surface area (Å²) in [6.45, 7) is -0.354. The van der Waals surface area contributed by atoms with Gasteiger partial charge in [0.2, 0.25) is 0 Å². The minimum atomic E-state index is -4.55. The van der Waals surface area contributed by atoms with Gasteiger partial charge in [-0.1, -0.05) is 30.3 Å². The molecular weight excluding hydrogens is 401 g/mol. The van der Waals surface area contributed by atoms with Gasteiger partial charge in [-0.05, 0) is 23.8 Å². The number of hydrogen-bond donors (Lipinski definition) is 1. The van der Waals surface area contributed by atoms with Gasteiger partial charge in [0, 0.05) is 6.42 Å². The van der Waals surface area contributed by atoms with E-state index in [0.717, 1.165) is 17.7 Å². The molecule has 0 bridgehead atoms. The Bertz CT molecular complexity index is 1100. The molecule has 0 aliphatic carbocycles. The molecular formula is C21H19F3N2O4. The van der Waals surface area contributed by atoms with Crippen LogP contribution in [0.3, 0.4) is 0 Å². The zero-order valence-electron chi connectivity index (χ0n) is 15.9. The highest BCUT2D eigenvalue weighted by Crippen LogP contribution is 2.31. The SMILES string of the molecule is O=C(CCc1nc2cc(C(F)(F)F)ccc2n(Cc2ccccc2)c1=O)OCCO. The van der Waals surface area contributed by atoms with Crippen molar-refractivity contribution in [2.75, 3.05) is 13.2 Å². The molecule has 0 unspecified atom stereocenters. The monoisotopic (exact) mass is 420 g/mol. The fourth-order valence-corrected chi connectivity index (χ4v) is 3.01. The summed E-state index contributed by atoms with van der Waals surface area (Å²) in [6.07, 6.45) is -4.83. The van der Waals surface area contributed by atoms with Crippen molar-refractivity contribution >= 4 is 17.0 Å². The van der Waals surface area contributed by atoms with Gasteiger partial charge in [0.25, 0.3) is 5.56 Å². The number of aliphatic hydroxyl groups is 1. The topological polar surface area (TPSA) is 81.4 Å². The lowest BCUT2D eigenvalue weighted by molar-refractivity contribution is -0.144. The average Bonchev–Trinajstić information content (AvgIpc) is 2.72. The molecule has 0 saturated heterocycles. The molecule has 3 aromatic rings. The van der Waals surface area contributed by atoms with Crippen LogP contribution in [0.4, 0.5) is 13.2 Å². The fraction of sp³-hybridized carbons (Fsp3) is 0.286. The maximum atomic E-state index is 13.1. The van der Waals surface area contributed by atoms with E-state index in [9.17, 15) is 22.8 Å². The molecule has 0 radical (unpaired) electrons. The summed E-state index contributed by atoms with van der Waals surface area (Å²) in [7, 11) is 0. The predicted molar refractivity (Wildman–Crippen MR) is 103 cm³/mol. The number of halogens is 3. The Morgan fingerprint density at radius 3 is 2.53 bits per heavy atom. The number of benzene rings is 2. The number of rotatable bonds is 7. The molecule has 0 saturated carbocycles. The lowest BCUT2D eigenvalue weighted by Crippen LogP contribution is -2.27. The van der Waals surface area contributed by atoms with Crippen LogP contribution in [0.15, 0.2) is 53.3 Å². The van der Waals surface area contributed by atoms with Crippen LogP contribution in [0.2, 0.25) is 0 Å². The normalized spacial score (nSPS) is 11.6. The van der Waals surface area contributed by atoms with Crippen molar-refractivity contribution in [1.82, 2.24) is 9.55 Å². The van der Waals surface area contributed by atoms with E-state index in [4.69, 9.17) is 9.84 Å². The summed E-state index contributed by atoms with van der Waals surface area (Å²) in [4.78, 5) is 28.8. The zero-order chi connectivity index (χ0) is 21.7. The highest BCUT2D eigenvalue weighted by molar-refractivity contribution is 5.76. The van der Waals surface area contributed by atoms with Gasteiger partial charge >= 0.3 is 12.1 Å². The van der Waals surface area contributed by atoms with Crippen LogP contribution in [0, 0.1) is 0 Å². The summed E-state index contributed by atoms with van der Waals surface area (Å²) in [5.74, 6) is -0.635. The first-order valence-corrected chi connectivity index (χ1v) is 9.20. The second kappa shape index (κ2) is 9.08. The maximum Gasteiger partial charge on any atom is 0.416 e. The molecule has 0 spiro atoms. The lowest BCUT2D eigenvalue weighted by atomic mass is 10.1. The Morgan fingerprint density at radius 1 is 1.13 bits per heavy atom. The van der Waals surface area contributed by atoms with E-state index in [-0.39, 0.29) is 49.3 Å². The third-order valence-electron chi connectivity index (χ3n) is 4.44. The molecule has 1 heterocycles. The number of nitrogens with zero attached hydrogens (tertiary/aromatic N) is 2. The Balaban J connectivity index is 2.05. The van der Waals surface area contributed by atoms with Crippen LogP contribution in [-0.4, -0.2) is 33.8 Å². The summed E-state index contributed by atoms with van der Waals surface area (Å²) < 4.78 is 45.5. The number of esters is 1. The highest BCUT2D eigenvalue weighted by atomic mass is 19.4. The number of hydrogen-bond acceptors (Lipinski definition) is 5. The van der Waals surface area contributed by atoms with Crippen LogP contribution in [0.1, 0.15) is 23.2 Å². The summed E-state index contributed by atoms with van der Waals surface area (Å²) in [6, 6.07) is 12.0. The number of carbonyl (C=O) groups excluding carboxylic acids is 1. The van der Waals surface area contributed by atoms with Crippen molar-refractivity contribution in [2.45, 2.75) is 25.6 Å². The Kier molecular flexibility index (Phi) is 6.51. The Hall–Kier alpha value is -3.20. The predicted octanol–water partition coefficient (Wildman–Crippen LogP) is 2.93. The molecule has 158 valence electrons. The van der Waals surface area contributed by atoms with E-state index in [1.54, 1.807) is 24.3 Å². The third kappa shape index (κ3) is 5.04. The molecule has 3 rings (SSSR count). The number of fused-ring (bicyclic) bond motifs is 1. The van der Waals surface area contributed by atoms with E-state index < -0.39 is 23.3 Å².